The fourth-order valence-corrected chi connectivity index (χ4v) is 3.01. The third kappa shape index (κ3) is 4.60. The van der Waals surface area contributed by atoms with Gasteiger partial charge in [-0.3, -0.25) is 4.79 Å². The molecule has 6 nitrogen and oxygen atoms in total. The summed E-state index contributed by atoms with van der Waals surface area (Å²) in [6, 6.07) is 6.93. The molecule has 136 valence electrons. The van der Waals surface area contributed by atoms with Crippen LogP contribution >= 0.6 is 0 Å². The summed E-state index contributed by atoms with van der Waals surface area (Å²) in [5.74, 6) is -0.618. The molecule has 0 unspecified atom stereocenters. The number of ether oxygens (including phenoxy) is 1. The van der Waals surface area contributed by atoms with E-state index in [2.05, 4.69) is 11.1 Å². The zero-order chi connectivity index (χ0) is 18.4. The van der Waals surface area contributed by atoms with Gasteiger partial charge in [0.05, 0.1) is 6.61 Å². The summed E-state index contributed by atoms with van der Waals surface area (Å²) in [5, 5.41) is 3.90. The van der Waals surface area contributed by atoms with Crippen molar-refractivity contribution in [1.29, 1.82) is 0 Å². The Morgan fingerprint density at radius 3 is 2.68 bits per heavy atom. The van der Waals surface area contributed by atoms with Gasteiger partial charge in [-0.05, 0) is 25.0 Å². The van der Waals surface area contributed by atoms with Crippen LogP contribution in [0.5, 0.6) is 0 Å². The van der Waals surface area contributed by atoms with Crippen molar-refractivity contribution in [3.8, 4) is 0 Å². The number of esters is 1. The van der Waals surface area contributed by atoms with E-state index in [0.29, 0.717) is 12.8 Å². The van der Waals surface area contributed by atoms with Crippen LogP contribution in [0.4, 0.5) is 0 Å². The summed E-state index contributed by atoms with van der Waals surface area (Å²) in [7, 11) is 1.97. The molecule has 6 heteroatoms. The molecule has 2 aromatic rings. The van der Waals surface area contributed by atoms with E-state index in [1.165, 1.54) is 0 Å². The van der Waals surface area contributed by atoms with E-state index in [1.807, 2.05) is 49.0 Å². The number of hydrogen-bond donors (Lipinski definition) is 2. The smallest absolute Gasteiger partial charge is 0.328 e. The molecule has 0 saturated heterocycles. The lowest BCUT2D eigenvalue weighted by molar-refractivity contribution is -0.405. The number of aryl methyl sites for hydroxylation is 1. The highest BCUT2D eigenvalue weighted by Crippen LogP contribution is 2.21. The van der Waals surface area contributed by atoms with Gasteiger partial charge in [0, 0.05) is 37.0 Å². The minimum atomic E-state index is -0.709. The Morgan fingerprint density at radius 2 is 2.00 bits per heavy atom. The molecule has 0 bridgehead atoms. The quantitative estimate of drug-likeness (QED) is 0.704. The molecule has 0 saturated carbocycles. The van der Waals surface area contributed by atoms with Crippen molar-refractivity contribution in [2.45, 2.75) is 45.2 Å². The Labute approximate surface area is 148 Å². The predicted octanol–water partition coefficient (Wildman–Crippen LogP) is 1.18. The first kappa shape index (κ1) is 19.0. The van der Waals surface area contributed by atoms with Gasteiger partial charge < -0.3 is 20.4 Å². The van der Waals surface area contributed by atoms with Gasteiger partial charge in [0.1, 0.15) is 6.04 Å². The summed E-state index contributed by atoms with van der Waals surface area (Å²) in [4.78, 5) is 24.7. The molecule has 1 heterocycles. The molecule has 2 rings (SSSR count). The number of amides is 1. The summed E-state index contributed by atoms with van der Waals surface area (Å²) in [6.45, 7) is 4.05. The average Bonchev–Trinajstić information content (AvgIpc) is 2.91. The highest BCUT2D eigenvalue weighted by atomic mass is 16.5. The van der Waals surface area contributed by atoms with Crippen LogP contribution in [0.15, 0.2) is 30.5 Å². The molecule has 0 radical (unpaired) electrons. The number of fused-ring (bicyclic) bond motifs is 1. The van der Waals surface area contributed by atoms with Gasteiger partial charge in [0.2, 0.25) is 0 Å². The van der Waals surface area contributed by atoms with E-state index in [9.17, 15) is 9.59 Å². The van der Waals surface area contributed by atoms with E-state index in [0.717, 1.165) is 22.9 Å². The molecule has 0 aliphatic heterocycles. The molecule has 1 aromatic heterocycles. The van der Waals surface area contributed by atoms with Crippen LogP contribution in [0, 0.1) is 0 Å². The second-order valence-corrected chi connectivity index (χ2v) is 6.29. The number of carbonyl (C=O) groups is 2. The fraction of sp³-hybridized carbons (Fsp3) is 0.474. The highest BCUT2D eigenvalue weighted by Gasteiger charge is 2.27. The van der Waals surface area contributed by atoms with Crippen LogP contribution in [-0.4, -0.2) is 35.1 Å². The maximum absolute atomic E-state index is 12.3. The molecule has 2 atom stereocenters. The van der Waals surface area contributed by atoms with Crippen molar-refractivity contribution in [3.63, 3.8) is 0 Å². The minimum absolute atomic E-state index is 0.208. The van der Waals surface area contributed by atoms with Gasteiger partial charge >= 0.3 is 5.97 Å². The van der Waals surface area contributed by atoms with Gasteiger partial charge in [-0.1, -0.05) is 25.1 Å². The fourth-order valence-electron chi connectivity index (χ4n) is 3.01. The Morgan fingerprint density at radius 1 is 1.28 bits per heavy atom. The lowest BCUT2D eigenvalue weighted by atomic mass is 10.0. The first-order chi connectivity index (χ1) is 12.0. The molecule has 1 amide bonds. The molecule has 0 fully saturated rings. The number of aromatic nitrogens is 1. The van der Waals surface area contributed by atoms with E-state index in [-0.39, 0.29) is 18.6 Å². The largest absolute Gasteiger partial charge is 0.464 e. The molecule has 1 aromatic carbocycles. The SMILES string of the molecule is CCC[C@H]([NH3+])C(=O)N[C@H](Cc1cn(C)c2ccccc12)C(=O)OCC. The van der Waals surface area contributed by atoms with Gasteiger partial charge in [0.15, 0.2) is 6.04 Å². The topological polar surface area (TPSA) is 88.0 Å². The molecule has 0 spiro atoms. The number of para-hydroxylation sites is 1. The van der Waals surface area contributed by atoms with Crippen LogP contribution in [0.2, 0.25) is 0 Å². The molecule has 0 aliphatic rings. The summed E-state index contributed by atoms with van der Waals surface area (Å²) >= 11 is 0. The van der Waals surface area contributed by atoms with Gasteiger partial charge in [-0.25, -0.2) is 4.79 Å². The van der Waals surface area contributed by atoms with E-state index in [4.69, 9.17) is 4.74 Å². The first-order valence-electron chi connectivity index (χ1n) is 8.80. The maximum atomic E-state index is 12.3. The number of rotatable bonds is 8. The minimum Gasteiger partial charge on any atom is -0.464 e. The zero-order valence-corrected chi connectivity index (χ0v) is 15.2. The van der Waals surface area contributed by atoms with Crippen LogP contribution in [0.3, 0.4) is 0 Å². The number of hydrogen-bond acceptors (Lipinski definition) is 3. The van der Waals surface area contributed by atoms with Crippen LogP contribution in [-0.2, 0) is 27.8 Å². The lowest BCUT2D eigenvalue weighted by Crippen LogP contribution is -2.68. The molecule has 25 heavy (non-hydrogen) atoms. The predicted molar refractivity (Wildman–Crippen MR) is 96.8 cm³/mol. The summed E-state index contributed by atoms with van der Waals surface area (Å²) < 4.78 is 7.18. The van der Waals surface area contributed by atoms with Crippen molar-refractivity contribution in [2.24, 2.45) is 7.05 Å². The third-order valence-corrected chi connectivity index (χ3v) is 4.30. The number of nitrogens with zero attached hydrogens (tertiary/aromatic N) is 1. The van der Waals surface area contributed by atoms with E-state index in [1.54, 1.807) is 6.92 Å². The first-order valence-corrected chi connectivity index (χ1v) is 8.80. The number of nitrogens with one attached hydrogen (secondary N) is 1. The van der Waals surface area contributed by atoms with E-state index < -0.39 is 12.0 Å². The second-order valence-electron chi connectivity index (χ2n) is 6.29. The van der Waals surface area contributed by atoms with Gasteiger partial charge in [0.25, 0.3) is 5.91 Å². The van der Waals surface area contributed by atoms with Gasteiger partial charge in [-0.15, -0.1) is 0 Å². The Hall–Kier alpha value is -2.34. The molecular weight excluding hydrogens is 318 g/mol. The van der Waals surface area contributed by atoms with Crippen molar-refractivity contribution in [2.75, 3.05) is 6.61 Å². The van der Waals surface area contributed by atoms with Crippen LogP contribution in [0.25, 0.3) is 10.9 Å². The van der Waals surface area contributed by atoms with Crippen LogP contribution < -0.4 is 11.1 Å². The number of carbonyl (C=O) groups excluding carboxylic acids is 2. The third-order valence-electron chi connectivity index (χ3n) is 4.30. The number of quaternary nitrogens is 1. The van der Waals surface area contributed by atoms with Gasteiger partial charge in [-0.2, -0.15) is 0 Å². The number of benzene rings is 1. The zero-order valence-electron chi connectivity index (χ0n) is 15.2. The second kappa shape index (κ2) is 8.67. The highest BCUT2D eigenvalue weighted by molar-refractivity contribution is 5.88. The monoisotopic (exact) mass is 346 g/mol. The van der Waals surface area contributed by atoms with Crippen molar-refractivity contribution in [1.82, 2.24) is 9.88 Å². The Balaban J connectivity index is 2.23. The summed E-state index contributed by atoms with van der Waals surface area (Å²) in [6.07, 6.45) is 3.95. The average molecular weight is 346 g/mol. The summed E-state index contributed by atoms with van der Waals surface area (Å²) in [5.41, 5.74) is 5.98. The Kier molecular flexibility index (Phi) is 6.58. The normalized spacial score (nSPS) is 13.4. The molecule has 4 N–H and O–H groups in total. The lowest BCUT2D eigenvalue weighted by Gasteiger charge is -2.18. The Bertz CT molecular complexity index is 739. The standard InChI is InChI=1S/C19H27N3O3/c1-4-8-15(20)18(23)21-16(19(24)25-5-2)11-13-12-22(3)17-10-7-6-9-14(13)17/h6-7,9-10,12,15-16H,4-5,8,11,20H2,1-3H3,(H,21,23)/p+1/t15-,16+/m0/s1. The van der Waals surface area contributed by atoms with Crippen molar-refractivity contribution < 1.29 is 20.1 Å². The molecule has 0 aliphatic carbocycles. The molecular formula is C19H28N3O3+. The van der Waals surface area contributed by atoms with E-state index >= 15 is 0 Å². The van der Waals surface area contributed by atoms with Crippen LogP contribution in [0.1, 0.15) is 32.3 Å². The maximum Gasteiger partial charge on any atom is 0.328 e. The van der Waals surface area contributed by atoms with Crippen molar-refractivity contribution in [3.05, 3.63) is 36.0 Å². The van der Waals surface area contributed by atoms with Crippen molar-refractivity contribution >= 4 is 22.8 Å².